The average molecular weight is 1300 g/mol. The molecule has 472 valence electrons. The molecule has 0 aromatic heterocycles. The van der Waals surface area contributed by atoms with Crippen LogP contribution in [0.1, 0.15) is 47.1 Å². The van der Waals surface area contributed by atoms with E-state index in [-0.39, 0.29) is 73.4 Å². The van der Waals surface area contributed by atoms with Crippen molar-refractivity contribution in [2.45, 2.75) is 99.4 Å². The quantitative estimate of drug-likeness (QED) is 0.0518. The van der Waals surface area contributed by atoms with E-state index in [0.717, 1.165) is 59.9 Å². The summed E-state index contributed by atoms with van der Waals surface area (Å²) in [6.07, 6.45) is 4.16. The summed E-state index contributed by atoms with van der Waals surface area (Å²) < 4.78 is 104. The van der Waals surface area contributed by atoms with Gasteiger partial charge in [-0.3, -0.25) is 14.4 Å². The number of aliphatic hydroxyl groups excluding tert-OH is 1. The van der Waals surface area contributed by atoms with Crippen molar-refractivity contribution in [1.82, 2.24) is 10.6 Å². The van der Waals surface area contributed by atoms with E-state index in [1.807, 2.05) is 66.7 Å². The summed E-state index contributed by atoms with van der Waals surface area (Å²) in [5.74, 6) is 1.03. The summed E-state index contributed by atoms with van der Waals surface area (Å²) in [5.41, 5.74) is 10.6. The van der Waals surface area contributed by atoms with Crippen LogP contribution in [0.15, 0.2) is 236 Å². The summed E-state index contributed by atoms with van der Waals surface area (Å²) in [6, 6.07) is 59.3. The summed E-state index contributed by atoms with van der Waals surface area (Å²) in [7, 11) is -10.7. The van der Waals surface area contributed by atoms with Crippen LogP contribution in [-0.2, 0) is 85.8 Å². The monoisotopic (exact) mass is 1300 g/mol. The Balaban J connectivity index is 0.000000162. The summed E-state index contributed by atoms with van der Waals surface area (Å²) in [6.45, 7) is 1.22. The Labute approximate surface area is 530 Å². The molecule has 18 nitrogen and oxygen atoms in total. The molecule has 0 saturated carbocycles. The predicted octanol–water partition coefficient (Wildman–Crippen LogP) is 9.01. The number of hydrogen-bond donors (Lipinski definition) is 4. The number of hydrogen-bond acceptors (Lipinski definition) is 16. The molecule has 3 aliphatic rings. The lowest BCUT2D eigenvalue weighted by Crippen LogP contribution is -2.38. The van der Waals surface area contributed by atoms with E-state index >= 15 is 0 Å². The van der Waals surface area contributed by atoms with Crippen molar-refractivity contribution in [3.8, 4) is 17.2 Å². The zero-order valence-electron chi connectivity index (χ0n) is 49.1. The number of aliphatic hydroxyl groups is 1. The maximum atomic E-state index is 12.9. The summed E-state index contributed by atoms with van der Waals surface area (Å²) >= 11 is 5.08. The molecule has 3 heterocycles. The summed E-state index contributed by atoms with van der Waals surface area (Å²) in [4.78, 5) is 34.9. The standard InChI is InChI=1S/C25H25NO5S.C18H19NO5S.C16H17NO3S.C9H9ClO2/c27-25(18-30-17-19-7-3-1-4-8-19)26-16-21-13-11-20-12-14-23(15-24(20)31-21)32(28,29)22-9-5-2-6-10-22;20-12-18(21)19-11-14-8-6-13-7-9-16(10-17(13)24-14)25(22,23)15-4-2-1-3-5-15;17-11-13-8-6-12-7-9-15(10-16(12)20-13)21(18,19)14-4-2-1-3-5-14;10-9(11)7-12-6-8-4-2-1-3-5-8/h1-10,12,14-15,21H,11,13,16-18H2,(H,26,27);1-5,7,9-10,14,20H,6,8,11-12H2,(H,19,21);1-5,7,9-10,13H,6,8,11,17H2;1-5H,6-7H2/t21-;14-;13-;/m111./s1. The second-order valence-corrected chi connectivity index (χ2v) is 27.2. The van der Waals surface area contributed by atoms with Crippen LogP contribution in [0, 0.1) is 0 Å². The Morgan fingerprint density at radius 3 is 1.11 bits per heavy atom. The highest BCUT2D eigenvalue weighted by atomic mass is 35.5. The van der Waals surface area contributed by atoms with Gasteiger partial charge >= 0.3 is 0 Å². The molecule has 8 aromatic rings. The van der Waals surface area contributed by atoms with Gasteiger partial charge in [0.25, 0.3) is 0 Å². The first-order valence-corrected chi connectivity index (χ1v) is 33.8. The molecule has 3 atom stereocenters. The Kier molecular flexibility index (Phi) is 24.8. The van der Waals surface area contributed by atoms with Crippen molar-refractivity contribution in [1.29, 1.82) is 0 Å². The van der Waals surface area contributed by atoms with Gasteiger partial charge in [-0.15, -0.1) is 0 Å². The lowest BCUT2D eigenvalue weighted by Gasteiger charge is -2.26. The number of fused-ring (bicyclic) bond motifs is 3. The fraction of sp³-hybridized carbons (Fsp3) is 0.250. The molecule has 0 radical (unpaired) electrons. The van der Waals surface area contributed by atoms with E-state index in [9.17, 15) is 39.6 Å². The van der Waals surface area contributed by atoms with Gasteiger partial charge in [0.05, 0.1) is 55.7 Å². The van der Waals surface area contributed by atoms with Crippen LogP contribution in [0.3, 0.4) is 0 Å². The molecular weight excluding hydrogens is 1230 g/mol. The van der Waals surface area contributed by atoms with Gasteiger partial charge < -0.3 is 45.2 Å². The number of rotatable bonds is 20. The topological polar surface area (TPSA) is 270 Å². The number of ether oxygens (including phenoxy) is 5. The lowest BCUT2D eigenvalue weighted by molar-refractivity contribution is -0.126. The predicted molar refractivity (Wildman–Crippen MR) is 338 cm³/mol. The molecule has 0 fully saturated rings. The fourth-order valence-corrected chi connectivity index (χ4v) is 13.6. The van der Waals surface area contributed by atoms with Crippen molar-refractivity contribution in [3.63, 3.8) is 0 Å². The number of nitrogens with one attached hydrogen (secondary N) is 2. The van der Waals surface area contributed by atoms with Gasteiger partial charge in [-0.05, 0) is 151 Å². The zero-order valence-corrected chi connectivity index (χ0v) is 52.3. The van der Waals surface area contributed by atoms with E-state index in [1.54, 1.807) is 133 Å². The van der Waals surface area contributed by atoms with Crippen LogP contribution in [0.25, 0.3) is 0 Å². The third-order valence-corrected chi connectivity index (χ3v) is 19.8. The van der Waals surface area contributed by atoms with Gasteiger partial charge in [0, 0.05) is 6.54 Å². The Morgan fingerprint density at radius 2 is 0.767 bits per heavy atom. The van der Waals surface area contributed by atoms with Crippen LogP contribution in [-0.4, -0.2) is 105 Å². The normalized spacial score (nSPS) is 15.6. The molecule has 8 aromatic carbocycles. The van der Waals surface area contributed by atoms with Crippen LogP contribution < -0.4 is 30.6 Å². The number of carbonyl (C=O) groups excluding carboxylic acids is 3. The minimum Gasteiger partial charge on any atom is -0.489 e. The SMILES string of the molecule is NC[C@H]1CCc2ccc(S(=O)(=O)c3ccccc3)cc2O1.O=C(CO)NC[C@H]1CCc2ccc(S(=O)(=O)c3ccccc3)cc2O1.O=C(COCc1ccccc1)NC[C@H]1CCc2ccc(S(=O)(=O)c3ccccc3)cc2O1.O=C(Cl)COCc1ccccc1. The van der Waals surface area contributed by atoms with E-state index in [4.69, 9.17) is 46.1 Å². The van der Waals surface area contributed by atoms with Crippen LogP contribution >= 0.6 is 11.6 Å². The van der Waals surface area contributed by atoms with Crippen molar-refractivity contribution in [2.75, 3.05) is 39.5 Å². The van der Waals surface area contributed by atoms with E-state index < -0.39 is 47.3 Å². The van der Waals surface area contributed by atoms with Gasteiger partial charge in [-0.25, -0.2) is 25.3 Å². The first-order chi connectivity index (χ1) is 43.4. The largest absolute Gasteiger partial charge is 0.489 e. The van der Waals surface area contributed by atoms with Crippen molar-refractivity contribution < 1.29 is 68.4 Å². The first kappa shape index (κ1) is 67.7. The second-order valence-electron chi connectivity index (χ2n) is 20.9. The summed E-state index contributed by atoms with van der Waals surface area (Å²) in [5, 5.41) is 13.7. The first-order valence-electron chi connectivity index (χ1n) is 29.0. The molecule has 0 spiro atoms. The lowest BCUT2D eigenvalue weighted by atomic mass is 10.0. The Bertz CT molecular complexity index is 4010. The number of aryl methyl sites for hydroxylation is 3. The molecule has 0 saturated heterocycles. The van der Waals surface area contributed by atoms with Gasteiger partial charge in [0.15, 0.2) is 0 Å². The minimum absolute atomic E-state index is 0.0301. The third kappa shape index (κ3) is 19.4. The molecule has 0 aliphatic carbocycles. The van der Waals surface area contributed by atoms with Gasteiger partial charge in [-0.2, -0.15) is 0 Å². The van der Waals surface area contributed by atoms with E-state index in [1.165, 1.54) is 6.07 Å². The number of halogens is 1. The van der Waals surface area contributed by atoms with E-state index in [0.29, 0.717) is 50.0 Å². The molecule has 0 unspecified atom stereocenters. The molecule has 3 aliphatic heterocycles. The number of sulfone groups is 3. The highest BCUT2D eigenvalue weighted by molar-refractivity contribution is 7.92. The average Bonchev–Trinajstić information content (AvgIpc) is 0.891. The molecular formula is C68H70ClN3O15S3. The third-order valence-electron chi connectivity index (χ3n) is 14.4. The van der Waals surface area contributed by atoms with Crippen LogP contribution in [0.2, 0.25) is 0 Å². The number of nitrogens with two attached hydrogens (primary N) is 1. The molecule has 5 N–H and O–H groups in total. The van der Waals surface area contributed by atoms with Gasteiger partial charge in [0.1, 0.15) is 55.4 Å². The molecule has 0 bridgehead atoms. The number of amides is 2. The number of carbonyl (C=O) groups is 3. The molecule has 22 heteroatoms. The highest BCUT2D eigenvalue weighted by Gasteiger charge is 2.28. The van der Waals surface area contributed by atoms with Crippen molar-refractivity contribution in [2.24, 2.45) is 5.73 Å². The van der Waals surface area contributed by atoms with Crippen molar-refractivity contribution >= 4 is 58.2 Å². The maximum absolute atomic E-state index is 12.9. The van der Waals surface area contributed by atoms with Gasteiger partial charge in [-0.1, -0.05) is 133 Å². The fourth-order valence-electron chi connectivity index (χ4n) is 9.60. The Morgan fingerprint density at radius 1 is 0.444 bits per heavy atom. The molecule has 11 rings (SSSR count). The minimum atomic E-state index is -3.62. The number of benzene rings is 8. The molecule has 90 heavy (non-hydrogen) atoms. The molecule has 2 amide bonds. The van der Waals surface area contributed by atoms with Crippen LogP contribution in [0.5, 0.6) is 17.2 Å². The van der Waals surface area contributed by atoms with Gasteiger partial charge in [0.2, 0.25) is 46.6 Å². The second kappa shape index (κ2) is 33.0. The maximum Gasteiger partial charge on any atom is 0.247 e. The van der Waals surface area contributed by atoms with Crippen LogP contribution in [0.4, 0.5) is 0 Å². The van der Waals surface area contributed by atoms with Crippen molar-refractivity contribution in [3.05, 3.63) is 234 Å². The smallest absolute Gasteiger partial charge is 0.247 e. The van der Waals surface area contributed by atoms with E-state index in [2.05, 4.69) is 10.6 Å². The zero-order chi connectivity index (χ0) is 63.9. The Hall–Kier alpha value is -8.25. The highest BCUT2D eigenvalue weighted by Crippen LogP contribution is 2.35.